The van der Waals surface area contributed by atoms with Gasteiger partial charge in [-0.1, -0.05) is 20.8 Å². The molecular formula is C9H14O2. The molecule has 2 unspecified atom stereocenters. The van der Waals surface area contributed by atoms with Crippen LogP contribution in [0.1, 0.15) is 27.2 Å². The molecule has 2 heteroatoms. The van der Waals surface area contributed by atoms with Crippen molar-refractivity contribution in [1.82, 2.24) is 0 Å². The molecule has 0 radical (unpaired) electrons. The number of ether oxygens (including phenoxy) is 1. The molecule has 62 valence electrons. The van der Waals surface area contributed by atoms with Crippen LogP contribution in [0, 0.1) is 16.2 Å². The fraction of sp³-hybridized carbons (Fsp3) is 0.889. The van der Waals surface area contributed by atoms with Crippen LogP contribution in [0.2, 0.25) is 0 Å². The molecule has 0 aromatic rings. The number of esters is 1. The lowest BCUT2D eigenvalue weighted by atomic mass is 9.88. The van der Waals surface area contributed by atoms with Crippen molar-refractivity contribution in [3.05, 3.63) is 0 Å². The summed E-state index contributed by atoms with van der Waals surface area (Å²) in [6, 6.07) is 0. The third-order valence-corrected chi connectivity index (χ3v) is 4.35. The predicted octanol–water partition coefficient (Wildman–Crippen LogP) is 1.60. The number of rotatable bonds is 1. The van der Waals surface area contributed by atoms with Crippen molar-refractivity contribution >= 4 is 5.97 Å². The highest BCUT2D eigenvalue weighted by Gasteiger charge is 2.97. The summed E-state index contributed by atoms with van der Waals surface area (Å²) in [5.74, 6) is -0.00926. The number of carbonyl (C=O) groups is 1. The van der Waals surface area contributed by atoms with Crippen LogP contribution in [0.25, 0.3) is 0 Å². The van der Waals surface area contributed by atoms with E-state index in [0.717, 1.165) is 6.42 Å². The number of fused-ring (bicyclic) bond motifs is 1. The fourth-order valence-electron chi connectivity index (χ4n) is 2.84. The second kappa shape index (κ2) is 1.35. The quantitative estimate of drug-likeness (QED) is 0.536. The molecule has 2 fully saturated rings. The topological polar surface area (TPSA) is 26.3 Å². The van der Waals surface area contributed by atoms with Gasteiger partial charge in [0.1, 0.15) is 0 Å². The monoisotopic (exact) mass is 154 g/mol. The van der Waals surface area contributed by atoms with E-state index in [4.69, 9.17) is 4.74 Å². The van der Waals surface area contributed by atoms with Gasteiger partial charge in [0.05, 0.1) is 12.5 Å². The van der Waals surface area contributed by atoms with E-state index in [1.807, 2.05) is 0 Å². The molecule has 2 rings (SSSR count). The summed E-state index contributed by atoms with van der Waals surface area (Å²) in [6.45, 7) is 6.46. The summed E-state index contributed by atoms with van der Waals surface area (Å²) in [7, 11) is 1.48. The van der Waals surface area contributed by atoms with Crippen LogP contribution < -0.4 is 0 Å². The number of methoxy groups -OCH3 is 1. The lowest BCUT2D eigenvalue weighted by molar-refractivity contribution is -0.146. The number of hydrogen-bond donors (Lipinski definition) is 0. The normalized spacial score (nSPS) is 49.5. The van der Waals surface area contributed by atoms with Gasteiger partial charge in [0.15, 0.2) is 0 Å². The van der Waals surface area contributed by atoms with Gasteiger partial charge in [-0.3, -0.25) is 4.79 Å². The molecule has 0 aromatic carbocycles. The molecule has 2 nitrogen and oxygen atoms in total. The number of hydrogen-bond acceptors (Lipinski definition) is 2. The molecule has 0 saturated heterocycles. The van der Waals surface area contributed by atoms with E-state index in [0.29, 0.717) is 0 Å². The van der Waals surface area contributed by atoms with Crippen molar-refractivity contribution in [3.63, 3.8) is 0 Å². The molecule has 0 spiro atoms. The summed E-state index contributed by atoms with van der Waals surface area (Å²) >= 11 is 0. The van der Waals surface area contributed by atoms with Crippen molar-refractivity contribution in [2.75, 3.05) is 7.11 Å². The molecule has 0 N–H and O–H groups in total. The summed E-state index contributed by atoms with van der Waals surface area (Å²) in [5, 5.41) is 0. The first kappa shape index (κ1) is 7.14. The van der Waals surface area contributed by atoms with E-state index >= 15 is 0 Å². The Bertz CT molecular complexity index is 232. The maximum absolute atomic E-state index is 11.3. The van der Waals surface area contributed by atoms with Gasteiger partial charge in [0, 0.05) is 0 Å². The second-order valence-corrected chi connectivity index (χ2v) is 4.53. The van der Waals surface area contributed by atoms with Crippen molar-refractivity contribution < 1.29 is 9.53 Å². The van der Waals surface area contributed by atoms with Crippen LogP contribution in [0.15, 0.2) is 0 Å². The smallest absolute Gasteiger partial charge is 0.312 e. The lowest BCUT2D eigenvalue weighted by Crippen LogP contribution is -2.19. The van der Waals surface area contributed by atoms with Gasteiger partial charge < -0.3 is 4.74 Å². The van der Waals surface area contributed by atoms with Gasteiger partial charge >= 0.3 is 5.97 Å². The van der Waals surface area contributed by atoms with Gasteiger partial charge in [-0.2, -0.15) is 0 Å². The summed E-state index contributed by atoms with van der Waals surface area (Å²) in [5.41, 5.74) is 0.342. The Kier molecular flexibility index (Phi) is 0.873. The lowest BCUT2D eigenvalue weighted by Gasteiger charge is -2.16. The molecule has 2 aliphatic carbocycles. The van der Waals surface area contributed by atoms with Crippen LogP contribution in [0.4, 0.5) is 0 Å². The zero-order valence-corrected chi connectivity index (χ0v) is 7.52. The maximum atomic E-state index is 11.3. The molecule has 11 heavy (non-hydrogen) atoms. The molecule has 0 bridgehead atoms. The van der Waals surface area contributed by atoms with Gasteiger partial charge in [0.25, 0.3) is 0 Å². The molecule has 2 saturated carbocycles. The Morgan fingerprint density at radius 2 is 1.82 bits per heavy atom. The average molecular weight is 154 g/mol. The largest absolute Gasteiger partial charge is 0.469 e. The molecule has 2 aliphatic rings. The minimum atomic E-state index is -0.102. The van der Waals surface area contributed by atoms with Gasteiger partial charge in [-0.15, -0.1) is 0 Å². The van der Waals surface area contributed by atoms with Gasteiger partial charge in [0.2, 0.25) is 0 Å². The van der Waals surface area contributed by atoms with E-state index in [9.17, 15) is 4.79 Å². The molecule has 2 atom stereocenters. The second-order valence-electron chi connectivity index (χ2n) is 4.53. The Morgan fingerprint density at radius 3 is 1.91 bits per heavy atom. The Hall–Kier alpha value is -0.530. The molecule has 0 amide bonds. The van der Waals surface area contributed by atoms with Crippen molar-refractivity contribution in [2.24, 2.45) is 16.2 Å². The van der Waals surface area contributed by atoms with E-state index in [1.165, 1.54) is 7.11 Å². The average Bonchev–Trinajstić information content (AvgIpc) is 2.70. The van der Waals surface area contributed by atoms with E-state index in [1.54, 1.807) is 0 Å². The Labute approximate surface area is 66.9 Å². The highest BCUT2D eigenvalue weighted by molar-refractivity contribution is 5.89. The fourth-order valence-corrected chi connectivity index (χ4v) is 2.84. The molecule has 0 aromatic heterocycles. The van der Waals surface area contributed by atoms with Crippen molar-refractivity contribution in [2.45, 2.75) is 27.2 Å². The zero-order chi connectivity index (χ0) is 8.49. The third kappa shape index (κ3) is 0.397. The standard InChI is InChI=1S/C9H14O2/c1-7(2)8(3)5-9(7,8)6(10)11-4/h5H2,1-4H3. The van der Waals surface area contributed by atoms with E-state index in [-0.39, 0.29) is 22.2 Å². The van der Waals surface area contributed by atoms with Crippen LogP contribution in [0.5, 0.6) is 0 Å². The molecule has 0 heterocycles. The Morgan fingerprint density at radius 1 is 1.36 bits per heavy atom. The minimum absolute atomic E-state index is 0.00926. The third-order valence-electron chi connectivity index (χ3n) is 4.35. The Balaban J connectivity index is 2.26. The number of carbonyl (C=O) groups excluding carboxylic acids is 1. The van der Waals surface area contributed by atoms with Crippen LogP contribution in [-0.2, 0) is 9.53 Å². The van der Waals surface area contributed by atoms with Crippen molar-refractivity contribution in [3.8, 4) is 0 Å². The predicted molar refractivity (Wildman–Crippen MR) is 41.0 cm³/mol. The first-order valence-corrected chi connectivity index (χ1v) is 4.02. The highest BCUT2D eigenvalue weighted by Crippen LogP contribution is 2.96. The summed E-state index contributed by atoms with van der Waals surface area (Å²) < 4.78 is 4.78. The van der Waals surface area contributed by atoms with Crippen LogP contribution in [0.3, 0.4) is 0 Å². The van der Waals surface area contributed by atoms with Crippen molar-refractivity contribution in [1.29, 1.82) is 0 Å². The summed E-state index contributed by atoms with van der Waals surface area (Å²) in [6.07, 6.45) is 1.03. The molecular weight excluding hydrogens is 140 g/mol. The molecule has 0 aliphatic heterocycles. The maximum Gasteiger partial charge on any atom is 0.312 e. The van der Waals surface area contributed by atoms with Crippen LogP contribution >= 0.6 is 0 Å². The van der Waals surface area contributed by atoms with Gasteiger partial charge in [-0.05, 0) is 17.3 Å². The minimum Gasteiger partial charge on any atom is -0.469 e. The van der Waals surface area contributed by atoms with Gasteiger partial charge in [-0.25, -0.2) is 0 Å². The summed E-state index contributed by atoms with van der Waals surface area (Å²) in [4.78, 5) is 11.3. The first-order valence-electron chi connectivity index (χ1n) is 4.02. The van der Waals surface area contributed by atoms with E-state index in [2.05, 4.69) is 20.8 Å². The van der Waals surface area contributed by atoms with E-state index < -0.39 is 0 Å². The first-order chi connectivity index (χ1) is 4.94. The SMILES string of the molecule is COC(=O)C12CC1(C)C2(C)C. The zero-order valence-electron chi connectivity index (χ0n) is 7.52. The van der Waals surface area contributed by atoms with Crippen LogP contribution in [-0.4, -0.2) is 13.1 Å². The highest BCUT2D eigenvalue weighted by atomic mass is 16.5.